The van der Waals surface area contributed by atoms with Crippen molar-refractivity contribution in [2.24, 2.45) is 0 Å². The Hall–Kier alpha value is -2.97. The summed E-state index contributed by atoms with van der Waals surface area (Å²) in [6.07, 6.45) is 3.36. The minimum absolute atomic E-state index is 0.0170. The van der Waals surface area contributed by atoms with Crippen LogP contribution in [0.2, 0.25) is 0 Å². The molecule has 0 amide bonds. The number of aromatic carboxylic acids is 1. The van der Waals surface area contributed by atoms with Crippen molar-refractivity contribution >= 4 is 17.8 Å². The maximum atomic E-state index is 11.5. The molecule has 1 aliphatic heterocycles. The van der Waals surface area contributed by atoms with Gasteiger partial charge in [0.25, 0.3) is 0 Å². The number of nitrogens with zero attached hydrogens (tertiary/aromatic N) is 5. The number of ether oxygens (including phenoxy) is 1. The van der Waals surface area contributed by atoms with Crippen molar-refractivity contribution in [2.75, 3.05) is 25.1 Å². The van der Waals surface area contributed by atoms with E-state index in [0.717, 1.165) is 19.4 Å². The molecule has 0 saturated carbocycles. The number of hydrogen-bond acceptors (Lipinski definition) is 7. The highest BCUT2D eigenvalue weighted by Crippen LogP contribution is 2.24. The molecule has 0 spiro atoms. The van der Waals surface area contributed by atoms with Crippen molar-refractivity contribution < 1.29 is 19.4 Å². The van der Waals surface area contributed by atoms with Gasteiger partial charge in [0.2, 0.25) is 0 Å². The quantitative estimate of drug-likeness (QED) is 0.826. The lowest BCUT2D eigenvalue weighted by molar-refractivity contribution is 0.0593. The first-order valence-electron chi connectivity index (χ1n) is 7.54. The van der Waals surface area contributed by atoms with E-state index in [-0.39, 0.29) is 17.4 Å². The molecule has 9 heteroatoms. The summed E-state index contributed by atoms with van der Waals surface area (Å²) in [6, 6.07) is 4.96. The monoisotopic (exact) mass is 331 g/mol. The van der Waals surface area contributed by atoms with Gasteiger partial charge in [0, 0.05) is 13.1 Å². The van der Waals surface area contributed by atoms with E-state index in [1.54, 1.807) is 23.0 Å². The molecule has 1 aliphatic rings. The van der Waals surface area contributed by atoms with Crippen LogP contribution in [-0.4, -0.2) is 57.2 Å². The Morgan fingerprint density at radius 1 is 1.33 bits per heavy atom. The van der Waals surface area contributed by atoms with Gasteiger partial charge in [0.15, 0.2) is 11.4 Å². The van der Waals surface area contributed by atoms with Crippen molar-refractivity contribution in [2.45, 2.75) is 18.9 Å². The van der Waals surface area contributed by atoms with Gasteiger partial charge in [-0.15, -0.1) is 5.10 Å². The number of anilines is 1. The summed E-state index contributed by atoms with van der Waals surface area (Å²) < 4.78 is 6.28. The first-order chi connectivity index (χ1) is 11.6. The molecule has 24 heavy (non-hydrogen) atoms. The van der Waals surface area contributed by atoms with E-state index in [0.29, 0.717) is 12.4 Å². The van der Waals surface area contributed by atoms with E-state index < -0.39 is 11.9 Å². The molecule has 0 bridgehead atoms. The molecule has 1 fully saturated rings. The number of aromatic nitrogens is 4. The molecule has 1 N–H and O–H groups in total. The van der Waals surface area contributed by atoms with E-state index in [1.165, 1.54) is 13.2 Å². The Morgan fingerprint density at radius 3 is 2.92 bits per heavy atom. The van der Waals surface area contributed by atoms with Gasteiger partial charge in [0.05, 0.1) is 19.3 Å². The van der Waals surface area contributed by atoms with Crippen molar-refractivity contribution in [1.82, 2.24) is 20.0 Å². The summed E-state index contributed by atoms with van der Waals surface area (Å²) >= 11 is 0. The molecule has 0 aliphatic carbocycles. The molecule has 2 aromatic heterocycles. The summed E-state index contributed by atoms with van der Waals surface area (Å²) in [5, 5.41) is 16.9. The molecule has 3 rings (SSSR count). The fourth-order valence-electron chi connectivity index (χ4n) is 2.75. The van der Waals surface area contributed by atoms with Gasteiger partial charge in [-0.05, 0) is 25.0 Å². The van der Waals surface area contributed by atoms with Crippen LogP contribution in [0.25, 0.3) is 0 Å². The molecule has 1 atom stereocenters. The Labute approximate surface area is 137 Å². The first kappa shape index (κ1) is 15.9. The van der Waals surface area contributed by atoms with Crippen molar-refractivity contribution in [3.8, 4) is 0 Å². The molecule has 3 heterocycles. The molecule has 1 saturated heterocycles. The van der Waals surface area contributed by atoms with Gasteiger partial charge in [-0.3, -0.25) is 0 Å². The van der Waals surface area contributed by atoms with Gasteiger partial charge in [-0.1, -0.05) is 11.3 Å². The topological polar surface area (TPSA) is 110 Å². The average molecular weight is 331 g/mol. The number of rotatable bonds is 4. The third kappa shape index (κ3) is 3.19. The van der Waals surface area contributed by atoms with Gasteiger partial charge >= 0.3 is 11.9 Å². The van der Waals surface area contributed by atoms with Crippen molar-refractivity contribution in [3.05, 3.63) is 35.8 Å². The third-order valence-electron chi connectivity index (χ3n) is 3.95. The predicted molar refractivity (Wildman–Crippen MR) is 83.0 cm³/mol. The number of hydrogen-bond donors (Lipinski definition) is 1. The number of piperidine rings is 1. The lowest BCUT2D eigenvalue weighted by Crippen LogP contribution is -2.37. The molecule has 126 valence electrons. The van der Waals surface area contributed by atoms with Crippen LogP contribution >= 0.6 is 0 Å². The minimum atomic E-state index is -1.05. The lowest BCUT2D eigenvalue weighted by atomic mass is 10.1. The summed E-state index contributed by atoms with van der Waals surface area (Å²) in [6.45, 7) is 1.39. The number of carbonyl (C=O) groups excluding carboxylic acids is 1. The van der Waals surface area contributed by atoms with Gasteiger partial charge < -0.3 is 14.7 Å². The fourth-order valence-corrected chi connectivity index (χ4v) is 2.75. The van der Waals surface area contributed by atoms with E-state index in [4.69, 9.17) is 5.11 Å². The standard InChI is InChI=1S/C15H17N5O4/c1-24-15(23)12-9-20(18-17-12)10-4-3-7-19(8-10)13-6-2-5-11(16-13)14(21)22/h2,5-6,9-10H,3-4,7-8H2,1H3,(H,21,22). The van der Waals surface area contributed by atoms with Gasteiger partial charge in [-0.25, -0.2) is 19.3 Å². The third-order valence-corrected chi connectivity index (χ3v) is 3.95. The number of carboxylic acid groups (broad SMARTS) is 1. The van der Waals surface area contributed by atoms with Crippen molar-refractivity contribution in [3.63, 3.8) is 0 Å². The summed E-state index contributed by atoms with van der Waals surface area (Å²) in [5.41, 5.74) is 0.184. The van der Waals surface area contributed by atoms with Crippen LogP contribution < -0.4 is 4.90 Å². The van der Waals surface area contributed by atoms with Crippen LogP contribution in [-0.2, 0) is 4.74 Å². The van der Waals surface area contributed by atoms with Crippen LogP contribution in [0, 0.1) is 0 Å². The summed E-state index contributed by atoms with van der Waals surface area (Å²) in [5.74, 6) is -0.956. The molecule has 9 nitrogen and oxygen atoms in total. The van der Waals surface area contributed by atoms with Gasteiger partial charge in [0.1, 0.15) is 5.82 Å². The number of methoxy groups -OCH3 is 1. The normalized spacial score (nSPS) is 17.5. The van der Waals surface area contributed by atoms with Crippen molar-refractivity contribution in [1.29, 1.82) is 0 Å². The second kappa shape index (κ2) is 6.65. The predicted octanol–water partition coefficient (Wildman–Crippen LogP) is 0.999. The van der Waals surface area contributed by atoms with Crippen LogP contribution in [0.1, 0.15) is 39.9 Å². The van der Waals surface area contributed by atoms with E-state index >= 15 is 0 Å². The minimum Gasteiger partial charge on any atom is -0.477 e. The summed E-state index contributed by atoms with van der Waals surface area (Å²) in [4.78, 5) is 28.7. The number of pyridine rings is 1. The highest BCUT2D eigenvalue weighted by Gasteiger charge is 2.24. The Kier molecular flexibility index (Phi) is 4.41. The highest BCUT2D eigenvalue weighted by molar-refractivity contribution is 5.86. The fraction of sp³-hybridized carbons (Fsp3) is 0.400. The van der Waals surface area contributed by atoms with Crippen LogP contribution in [0.3, 0.4) is 0 Å². The van der Waals surface area contributed by atoms with Gasteiger partial charge in [-0.2, -0.15) is 0 Å². The largest absolute Gasteiger partial charge is 0.477 e. The number of esters is 1. The Bertz CT molecular complexity index is 760. The molecular weight excluding hydrogens is 314 g/mol. The molecule has 0 aromatic carbocycles. The molecule has 2 aromatic rings. The molecule has 0 radical (unpaired) electrons. The van der Waals surface area contributed by atoms with E-state index in [2.05, 4.69) is 20.0 Å². The average Bonchev–Trinajstić information content (AvgIpc) is 3.11. The maximum Gasteiger partial charge on any atom is 0.360 e. The van der Waals surface area contributed by atoms with Crippen LogP contribution in [0.4, 0.5) is 5.82 Å². The number of carbonyl (C=O) groups is 2. The second-order valence-electron chi connectivity index (χ2n) is 5.50. The van der Waals surface area contributed by atoms with E-state index in [1.807, 2.05) is 4.90 Å². The SMILES string of the molecule is COC(=O)c1cn(C2CCCN(c3cccc(C(=O)O)n3)C2)nn1. The second-order valence-corrected chi connectivity index (χ2v) is 5.50. The zero-order chi connectivity index (χ0) is 17.1. The lowest BCUT2D eigenvalue weighted by Gasteiger charge is -2.33. The maximum absolute atomic E-state index is 11.5. The van der Waals surface area contributed by atoms with Crippen LogP contribution in [0.15, 0.2) is 24.4 Å². The summed E-state index contributed by atoms with van der Waals surface area (Å²) in [7, 11) is 1.30. The Balaban J connectivity index is 1.77. The first-order valence-corrected chi connectivity index (χ1v) is 7.54. The zero-order valence-electron chi connectivity index (χ0n) is 13.1. The Morgan fingerprint density at radius 2 is 2.17 bits per heavy atom. The van der Waals surface area contributed by atoms with E-state index in [9.17, 15) is 9.59 Å². The van der Waals surface area contributed by atoms with Crippen LogP contribution in [0.5, 0.6) is 0 Å². The highest BCUT2D eigenvalue weighted by atomic mass is 16.5. The number of carboxylic acids is 1. The zero-order valence-corrected chi connectivity index (χ0v) is 13.1. The smallest absolute Gasteiger partial charge is 0.360 e. The molecular formula is C15H17N5O4. The molecule has 1 unspecified atom stereocenters.